The Morgan fingerprint density at radius 1 is 0.800 bits per heavy atom. The topological polar surface area (TPSA) is 0 Å². The summed E-state index contributed by atoms with van der Waals surface area (Å²) in [6, 6.07) is 12.9. The molecule has 1 atom stereocenters. The van der Waals surface area contributed by atoms with Crippen molar-refractivity contribution in [3.05, 3.63) is 67.6 Å². The number of rotatable bonds is 2. The molecule has 3 heteroatoms. The summed E-state index contributed by atoms with van der Waals surface area (Å²) in [6.07, 6.45) is 5.01. The Morgan fingerprint density at radius 3 is 2.15 bits per heavy atom. The number of hydrogen-bond donors (Lipinski definition) is 0. The van der Waals surface area contributed by atoms with Crippen LogP contribution in [0.5, 0.6) is 0 Å². The van der Waals surface area contributed by atoms with Gasteiger partial charge in [-0.05, 0) is 66.1 Å². The molecule has 1 unspecified atom stereocenters. The lowest BCUT2D eigenvalue weighted by atomic mass is 9.89. The summed E-state index contributed by atoms with van der Waals surface area (Å²) in [5.41, 5.74) is 5.29. The van der Waals surface area contributed by atoms with Crippen molar-refractivity contribution in [1.82, 2.24) is 0 Å². The number of aryl methyl sites for hydroxylation is 2. The van der Waals surface area contributed by atoms with Crippen LogP contribution in [0, 0.1) is 0 Å². The average molecular weight is 415 g/mol. The van der Waals surface area contributed by atoms with E-state index in [0.717, 1.165) is 14.5 Å². The molecule has 0 spiro atoms. The van der Waals surface area contributed by atoms with Crippen LogP contribution in [0.3, 0.4) is 0 Å². The summed E-state index contributed by atoms with van der Waals surface area (Å²) in [7, 11) is 0. The molecule has 0 aliphatic heterocycles. The number of fused-ring (bicyclic) bond motifs is 1. The van der Waals surface area contributed by atoms with E-state index >= 15 is 0 Å². The second-order valence-corrected chi connectivity index (χ2v) is 7.57. The van der Waals surface area contributed by atoms with Gasteiger partial charge in [-0.25, -0.2) is 0 Å². The van der Waals surface area contributed by atoms with Gasteiger partial charge in [-0.1, -0.05) is 50.1 Å². The monoisotopic (exact) mass is 412 g/mol. The molecule has 0 heterocycles. The Labute approximate surface area is 141 Å². The van der Waals surface area contributed by atoms with Crippen LogP contribution in [0.25, 0.3) is 0 Å². The quantitative estimate of drug-likeness (QED) is 0.498. The number of alkyl halides is 1. The van der Waals surface area contributed by atoms with Gasteiger partial charge in [-0.3, -0.25) is 0 Å². The minimum Gasteiger partial charge on any atom is -0.113 e. The Balaban J connectivity index is 1.95. The van der Waals surface area contributed by atoms with Crippen LogP contribution in [-0.2, 0) is 12.8 Å². The van der Waals surface area contributed by atoms with Crippen molar-refractivity contribution in [1.29, 1.82) is 0 Å². The molecule has 0 amide bonds. The maximum atomic E-state index is 6.68. The van der Waals surface area contributed by atoms with Gasteiger partial charge in [-0.15, -0.1) is 11.6 Å². The number of halogens is 3. The van der Waals surface area contributed by atoms with E-state index in [-0.39, 0.29) is 5.38 Å². The molecule has 0 nitrogen and oxygen atoms in total. The zero-order chi connectivity index (χ0) is 14.1. The fraction of sp³-hybridized carbons (Fsp3) is 0.294. The third kappa shape index (κ3) is 3.13. The zero-order valence-corrected chi connectivity index (χ0v) is 14.9. The molecule has 0 saturated heterocycles. The van der Waals surface area contributed by atoms with Gasteiger partial charge in [0.15, 0.2) is 0 Å². The molecular weight excluding hydrogens is 399 g/mol. The highest BCUT2D eigenvalue weighted by Crippen LogP contribution is 2.34. The molecule has 0 aromatic heterocycles. The molecule has 3 rings (SSSR count). The van der Waals surface area contributed by atoms with Crippen molar-refractivity contribution in [3.8, 4) is 0 Å². The second-order valence-electron chi connectivity index (χ2n) is 5.30. The minimum atomic E-state index is -0.101. The van der Waals surface area contributed by atoms with Gasteiger partial charge in [0, 0.05) is 8.95 Å². The van der Waals surface area contributed by atoms with Crippen LogP contribution in [0.1, 0.15) is 40.5 Å². The first kappa shape index (κ1) is 14.6. The van der Waals surface area contributed by atoms with Gasteiger partial charge in [0.2, 0.25) is 0 Å². The van der Waals surface area contributed by atoms with Gasteiger partial charge in [0.1, 0.15) is 0 Å². The molecule has 0 fully saturated rings. The maximum absolute atomic E-state index is 6.68. The lowest BCUT2D eigenvalue weighted by molar-refractivity contribution is 0.684. The van der Waals surface area contributed by atoms with Gasteiger partial charge in [0.05, 0.1) is 5.38 Å². The van der Waals surface area contributed by atoms with E-state index in [4.69, 9.17) is 11.6 Å². The van der Waals surface area contributed by atoms with Crippen LogP contribution in [0.4, 0.5) is 0 Å². The maximum Gasteiger partial charge on any atom is 0.0836 e. The van der Waals surface area contributed by atoms with Crippen molar-refractivity contribution < 1.29 is 0 Å². The Morgan fingerprint density at radius 2 is 1.45 bits per heavy atom. The molecule has 0 saturated carbocycles. The van der Waals surface area contributed by atoms with E-state index in [1.165, 1.54) is 42.4 Å². The Hall–Kier alpha value is -0.310. The fourth-order valence-corrected chi connectivity index (χ4v) is 4.42. The summed E-state index contributed by atoms with van der Waals surface area (Å²) in [6.45, 7) is 0. The highest BCUT2D eigenvalue weighted by atomic mass is 79.9. The molecule has 2 aromatic rings. The van der Waals surface area contributed by atoms with Gasteiger partial charge in [-0.2, -0.15) is 0 Å². The first-order chi connectivity index (χ1) is 9.63. The largest absolute Gasteiger partial charge is 0.113 e. The van der Waals surface area contributed by atoms with Crippen LogP contribution < -0.4 is 0 Å². The summed E-state index contributed by atoms with van der Waals surface area (Å²) in [4.78, 5) is 0. The SMILES string of the molecule is ClC(c1cc(Br)cc(Br)c1)c1ccc2c(c1)CCCC2. The lowest BCUT2D eigenvalue weighted by Crippen LogP contribution is -2.04. The van der Waals surface area contributed by atoms with E-state index in [2.05, 4.69) is 62.2 Å². The van der Waals surface area contributed by atoms with E-state index in [1.54, 1.807) is 0 Å². The van der Waals surface area contributed by atoms with Crippen LogP contribution in [-0.4, -0.2) is 0 Å². The fourth-order valence-electron chi connectivity index (χ4n) is 2.82. The molecule has 2 aromatic carbocycles. The van der Waals surface area contributed by atoms with Crippen molar-refractivity contribution in [2.24, 2.45) is 0 Å². The summed E-state index contributed by atoms with van der Waals surface area (Å²) in [5, 5.41) is -0.101. The van der Waals surface area contributed by atoms with Crippen LogP contribution in [0.15, 0.2) is 45.3 Å². The summed E-state index contributed by atoms with van der Waals surface area (Å²) < 4.78 is 2.09. The highest BCUT2D eigenvalue weighted by Gasteiger charge is 2.15. The molecule has 20 heavy (non-hydrogen) atoms. The predicted molar refractivity (Wildman–Crippen MR) is 92.6 cm³/mol. The molecule has 1 aliphatic rings. The third-order valence-corrected chi connectivity index (χ3v) is 5.26. The van der Waals surface area contributed by atoms with Gasteiger partial charge in [0.25, 0.3) is 0 Å². The Kier molecular flexibility index (Phi) is 4.54. The summed E-state index contributed by atoms with van der Waals surface area (Å²) in [5.74, 6) is 0. The third-order valence-electron chi connectivity index (χ3n) is 3.84. The number of benzene rings is 2. The van der Waals surface area contributed by atoms with Gasteiger partial charge < -0.3 is 0 Å². The molecule has 1 aliphatic carbocycles. The van der Waals surface area contributed by atoms with Gasteiger partial charge >= 0.3 is 0 Å². The highest BCUT2D eigenvalue weighted by molar-refractivity contribution is 9.11. The average Bonchev–Trinajstić information content (AvgIpc) is 2.45. The van der Waals surface area contributed by atoms with Crippen molar-refractivity contribution in [3.63, 3.8) is 0 Å². The first-order valence-corrected chi connectivity index (χ1v) is 8.87. The molecule has 0 radical (unpaired) electrons. The molecular formula is C17H15Br2Cl. The second kappa shape index (κ2) is 6.21. The molecule has 0 N–H and O–H groups in total. The minimum absolute atomic E-state index is 0.101. The van der Waals surface area contributed by atoms with E-state index < -0.39 is 0 Å². The standard InChI is InChI=1S/C17H15Br2Cl/c18-15-8-14(9-16(19)10-15)17(20)13-6-5-11-3-1-2-4-12(11)7-13/h5-10,17H,1-4H2. The molecule has 0 bridgehead atoms. The van der Waals surface area contributed by atoms with Crippen LogP contribution in [0.2, 0.25) is 0 Å². The van der Waals surface area contributed by atoms with Crippen molar-refractivity contribution in [2.45, 2.75) is 31.1 Å². The molecule has 104 valence electrons. The van der Waals surface area contributed by atoms with Crippen molar-refractivity contribution in [2.75, 3.05) is 0 Å². The zero-order valence-electron chi connectivity index (χ0n) is 11.0. The predicted octanol–water partition coefficient (Wildman–Crippen LogP) is 6.42. The normalized spacial score (nSPS) is 15.8. The Bertz CT molecular complexity index is 617. The van der Waals surface area contributed by atoms with E-state index in [0.29, 0.717) is 0 Å². The van der Waals surface area contributed by atoms with E-state index in [1.807, 2.05) is 6.07 Å². The summed E-state index contributed by atoms with van der Waals surface area (Å²) >= 11 is 13.7. The van der Waals surface area contributed by atoms with Crippen LogP contribution >= 0.6 is 43.5 Å². The number of hydrogen-bond acceptors (Lipinski definition) is 0. The van der Waals surface area contributed by atoms with E-state index in [9.17, 15) is 0 Å². The lowest BCUT2D eigenvalue weighted by Gasteiger charge is -2.19. The smallest absolute Gasteiger partial charge is 0.0836 e. The first-order valence-electron chi connectivity index (χ1n) is 6.85. The van der Waals surface area contributed by atoms with Crippen molar-refractivity contribution >= 4 is 43.5 Å².